The number of nitrogens with zero attached hydrogens (tertiary/aromatic N) is 3. The zero-order valence-corrected chi connectivity index (χ0v) is 7.71. The maximum Gasteiger partial charge on any atom is 0.214 e. The van der Waals surface area contributed by atoms with E-state index in [1.165, 1.54) is 0 Å². The summed E-state index contributed by atoms with van der Waals surface area (Å²) in [6.07, 6.45) is 3.27. The molecule has 14 heavy (non-hydrogen) atoms. The first-order valence-electron chi connectivity index (χ1n) is 4.11. The van der Waals surface area contributed by atoms with E-state index in [0.717, 1.165) is 0 Å². The maximum absolute atomic E-state index is 5.54. The van der Waals surface area contributed by atoms with Crippen LogP contribution in [0.15, 0.2) is 30.6 Å². The minimum absolute atomic E-state index is 0.552. The van der Waals surface area contributed by atoms with Crippen molar-refractivity contribution in [1.82, 2.24) is 14.8 Å². The molecule has 5 nitrogen and oxygen atoms in total. The number of methoxy groups -OCH3 is 1. The van der Waals surface area contributed by atoms with Crippen molar-refractivity contribution >= 4 is 5.69 Å². The molecule has 2 rings (SSSR count). The summed E-state index contributed by atoms with van der Waals surface area (Å²) in [6, 6.07) is 5.45. The Morgan fingerprint density at radius 1 is 1.43 bits per heavy atom. The van der Waals surface area contributed by atoms with Gasteiger partial charge in [-0.05, 0) is 6.07 Å². The number of nitrogen functional groups attached to an aromatic ring is 1. The Hall–Kier alpha value is -2.04. The molecule has 0 unspecified atom stereocenters. The van der Waals surface area contributed by atoms with E-state index in [-0.39, 0.29) is 0 Å². The number of nitrogens with two attached hydrogens (primary N) is 1. The van der Waals surface area contributed by atoms with Crippen molar-refractivity contribution in [2.24, 2.45) is 0 Å². The number of rotatable bonds is 2. The van der Waals surface area contributed by atoms with Crippen LogP contribution in [0.3, 0.4) is 0 Å². The molecule has 0 aliphatic carbocycles. The highest BCUT2D eigenvalue weighted by Crippen LogP contribution is 2.11. The van der Waals surface area contributed by atoms with Crippen molar-refractivity contribution in [2.75, 3.05) is 12.8 Å². The van der Waals surface area contributed by atoms with Crippen molar-refractivity contribution in [3.05, 3.63) is 30.6 Å². The molecule has 72 valence electrons. The van der Waals surface area contributed by atoms with Crippen molar-refractivity contribution in [2.45, 2.75) is 0 Å². The monoisotopic (exact) mass is 190 g/mol. The predicted molar refractivity (Wildman–Crippen MR) is 52.3 cm³/mol. The SMILES string of the molecule is COc1cccc(-n2cc(N)cn2)n1. The van der Waals surface area contributed by atoms with E-state index in [0.29, 0.717) is 17.4 Å². The zero-order valence-electron chi connectivity index (χ0n) is 7.71. The van der Waals surface area contributed by atoms with Gasteiger partial charge in [0, 0.05) is 6.07 Å². The molecule has 0 bridgehead atoms. The lowest BCUT2D eigenvalue weighted by Crippen LogP contribution is -1.98. The molecule has 0 saturated carbocycles. The van der Waals surface area contributed by atoms with E-state index in [1.54, 1.807) is 30.3 Å². The largest absolute Gasteiger partial charge is 0.481 e. The normalized spacial score (nSPS) is 10.1. The van der Waals surface area contributed by atoms with E-state index in [4.69, 9.17) is 10.5 Å². The molecule has 0 aliphatic rings. The summed E-state index contributed by atoms with van der Waals surface area (Å²) in [4.78, 5) is 4.20. The molecular formula is C9H10N4O. The number of anilines is 1. The zero-order chi connectivity index (χ0) is 9.97. The first kappa shape index (κ1) is 8.55. The number of hydrogen-bond acceptors (Lipinski definition) is 4. The Labute approximate surface area is 81.1 Å². The minimum atomic E-state index is 0.552. The standard InChI is InChI=1S/C9H10N4O/c1-14-9-4-2-3-8(12-9)13-6-7(10)5-11-13/h2-6H,10H2,1H3. The Morgan fingerprint density at radius 3 is 2.93 bits per heavy atom. The first-order chi connectivity index (χ1) is 6.79. The number of ether oxygens (including phenoxy) is 1. The summed E-state index contributed by atoms with van der Waals surface area (Å²) in [5.41, 5.74) is 6.15. The number of pyridine rings is 1. The fraction of sp³-hybridized carbons (Fsp3) is 0.111. The molecule has 2 N–H and O–H groups in total. The molecule has 0 fully saturated rings. The molecule has 2 aromatic rings. The summed E-state index contributed by atoms with van der Waals surface area (Å²) in [7, 11) is 1.57. The molecule has 5 heteroatoms. The Balaban J connectivity index is 2.41. The fourth-order valence-electron chi connectivity index (χ4n) is 1.11. The Morgan fingerprint density at radius 2 is 2.29 bits per heavy atom. The molecule has 0 spiro atoms. The summed E-state index contributed by atoms with van der Waals surface area (Å²) in [6.45, 7) is 0. The Bertz CT molecular complexity index is 438. The van der Waals surface area contributed by atoms with Crippen LogP contribution in [0.5, 0.6) is 5.88 Å². The van der Waals surface area contributed by atoms with Gasteiger partial charge in [-0.25, -0.2) is 4.68 Å². The number of hydrogen-bond donors (Lipinski definition) is 1. The van der Waals surface area contributed by atoms with E-state index in [9.17, 15) is 0 Å². The van der Waals surface area contributed by atoms with Crippen LogP contribution < -0.4 is 10.5 Å². The van der Waals surface area contributed by atoms with Crippen molar-refractivity contribution in [3.63, 3.8) is 0 Å². The average molecular weight is 190 g/mol. The lowest BCUT2D eigenvalue weighted by atomic mass is 10.4. The third-order valence-electron chi connectivity index (χ3n) is 1.76. The highest BCUT2D eigenvalue weighted by molar-refractivity contribution is 5.35. The van der Waals surface area contributed by atoms with E-state index in [1.807, 2.05) is 12.1 Å². The minimum Gasteiger partial charge on any atom is -0.481 e. The van der Waals surface area contributed by atoms with E-state index in [2.05, 4.69) is 10.1 Å². The highest BCUT2D eigenvalue weighted by Gasteiger charge is 2.00. The van der Waals surface area contributed by atoms with Gasteiger partial charge < -0.3 is 10.5 Å². The van der Waals surface area contributed by atoms with Gasteiger partial charge >= 0.3 is 0 Å². The van der Waals surface area contributed by atoms with E-state index < -0.39 is 0 Å². The van der Waals surface area contributed by atoms with Crippen LogP contribution in [0.1, 0.15) is 0 Å². The van der Waals surface area contributed by atoms with Gasteiger partial charge in [0.05, 0.1) is 25.2 Å². The quantitative estimate of drug-likeness (QED) is 0.762. The molecule has 0 aromatic carbocycles. The molecule has 0 saturated heterocycles. The van der Waals surface area contributed by atoms with Gasteiger partial charge in [0.15, 0.2) is 5.82 Å². The lowest BCUT2D eigenvalue weighted by molar-refractivity contribution is 0.397. The average Bonchev–Trinajstić information content (AvgIpc) is 2.65. The van der Waals surface area contributed by atoms with Crippen LogP contribution in [-0.2, 0) is 0 Å². The second-order valence-corrected chi connectivity index (χ2v) is 2.76. The molecular weight excluding hydrogens is 180 g/mol. The van der Waals surface area contributed by atoms with Crippen molar-refractivity contribution in [3.8, 4) is 11.7 Å². The molecule has 0 aliphatic heterocycles. The molecule has 2 heterocycles. The molecule has 0 radical (unpaired) electrons. The van der Waals surface area contributed by atoms with Crippen LogP contribution in [-0.4, -0.2) is 21.9 Å². The second kappa shape index (κ2) is 3.37. The first-order valence-corrected chi connectivity index (χ1v) is 4.11. The van der Waals surface area contributed by atoms with Crippen LogP contribution in [0.4, 0.5) is 5.69 Å². The fourth-order valence-corrected chi connectivity index (χ4v) is 1.11. The predicted octanol–water partition coefficient (Wildman–Crippen LogP) is 0.858. The van der Waals surface area contributed by atoms with Crippen LogP contribution in [0, 0.1) is 0 Å². The van der Waals surface area contributed by atoms with Crippen molar-refractivity contribution < 1.29 is 4.74 Å². The van der Waals surface area contributed by atoms with Gasteiger partial charge in [-0.2, -0.15) is 10.1 Å². The van der Waals surface area contributed by atoms with Crippen LogP contribution >= 0.6 is 0 Å². The molecule has 2 aromatic heterocycles. The third kappa shape index (κ3) is 1.52. The summed E-state index contributed by atoms with van der Waals surface area (Å²) >= 11 is 0. The second-order valence-electron chi connectivity index (χ2n) is 2.76. The van der Waals surface area contributed by atoms with Gasteiger partial charge in [-0.3, -0.25) is 0 Å². The molecule has 0 amide bonds. The van der Waals surface area contributed by atoms with E-state index >= 15 is 0 Å². The summed E-state index contributed by atoms with van der Waals surface area (Å²) in [5, 5.41) is 4.04. The third-order valence-corrected chi connectivity index (χ3v) is 1.76. The lowest BCUT2D eigenvalue weighted by Gasteiger charge is -2.02. The maximum atomic E-state index is 5.54. The highest BCUT2D eigenvalue weighted by atomic mass is 16.5. The van der Waals surface area contributed by atoms with Gasteiger partial charge in [-0.15, -0.1) is 0 Å². The van der Waals surface area contributed by atoms with Crippen LogP contribution in [0.25, 0.3) is 5.82 Å². The van der Waals surface area contributed by atoms with Gasteiger partial charge in [0.1, 0.15) is 0 Å². The summed E-state index contributed by atoms with van der Waals surface area (Å²) in [5.74, 6) is 1.23. The van der Waals surface area contributed by atoms with Gasteiger partial charge in [-0.1, -0.05) is 6.07 Å². The smallest absolute Gasteiger partial charge is 0.214 e. The van der Waals surface area contributed by atoms with Crippen molar-refractivity contribution in [1.29, 1.82) is 0 Å². The topological polar surface area (TPSA) is 66.0 Å². The summed E-state index contributed by atoms with van der Waals surface area (Å²) < 4.78 is 6.59. The number of aromatic nitrogens is 3. The van der Waals surface area contributed by atoms with Crippen LogP contribution in [0.2, 0.25) is 0 Å². The van der Waals surface area contributed by atoms with Gasteiger partial charge in [0.25, 0.3) is 0 Å². The molecule has 0 atom stereocenters. The Kier molecular flexibility index (Phi) is 2.06. The van der Waals surface area contributed by atoms with Gasteiger partial charge in [0.2, 0.25) is 5.88 Å².